The van der Waals surface area contributed by atoms with Crippen LogP contribution in [0, 0.1) is 10.1 Å². The van der Waals surface area contributed by atoms with Gasteiger partial charge in [0.2, 0.25) is 0 Å². The zero-order chi connectivity index (χ0) is 11.5. The molecule has 86 valence electrons. The SMILES string of the molecule is O=[N+]([O-])c1ccc(Cl)c(C2COCCN2)c1. The van der Waals surface area contributed by atoms with E-state index in [2.05, 4.69) is 5.32 Å². The van der Waals surface area contributed by atoms with E-state index in [0.717, 1.165) is 12.1 Å². The molecule has 1 fully saturated rings. The molecule has 1 saturated heterocycles. The van der Waals surface area contributed by atoms with E-state index in [-0.39, 0.29) is 11.7 Å². The van der Waals surface area contributed by atoms with Crippen molar-refractivity contribution < 1.29 is 9.66 Å². The lowest BCUT2D eigenvalue weighted by Crippen LogP contribution is -2.34. The number of rotatable bonds is 2. The third-order valence-corrected chi connectivity index (χ3v) is 2.83. The van der Waals surface area contributed by atoms with Crippen molar-refractivity contribution in [3.05, 3.63) is 38.9 Å². The number of nitrogens with zero attached hydrogens (tertiary/aromatic N) is 1. The molecule has 0 saturated carbocycles. The van der Waals surface area contributed by atoms with Crippen LogP contribution in [0.15, 0.2) is 18.2 Å². The number of non-ortho nitro benzene ring substituents is 1. The van der Waals surface area contributed by atoms with Gasteiger partial charge in [0, 0.05) is 23.7 Å². The van der Waals surface area contributed by atoms with Crippen LogP contribution in [0.5, 0.6) is 0 Å². The second-order valence-electron chi connectivity index (χ2n) is 3.54. The third kappa shape index (κ3) is 2.32. The first-order valence-electron chi connectivity index (χ1n) is 4.93. The summed E-state index contributed by atoms with van der Waals surface area (Å²) >= 11 is 6.02. The normalized spacial score (nSPS) is 20.7. The average Bonchev–Trinajstić information content (AvgIpc) is 2.30. The molecular formula is C10H11ClN2O3. The molecule has 1 aromatic rings. The summed E-state index contributed by atoms with van der Waals surface area (Å²) < 4.78 is 5.30. The molecule has 2 rings (SSSR count). The van der Waals surface area contributed by atoms with Crippen LogP contribution in [0.3, 0.4) is 0 Å². The van der Waals surface area contributed by atoms with Gasteiger partial charge >= 0.3 is 0 Å². The number of nitro groups is 1. The minimum Gasteiger partial charge on any atom is -0.378 e. The van der Waals surface area contributed by atoms with E-state index in [4.69, 9.17) is 16.3 Å². The van der Waals surface area contributed by atoms with E-state index in [1.807, 2.05) is 0 Å². The van der Waals surface area contributed by atoms with Crippen LogP contribution in [0.4, 0.5) is 5.69 Å². The van der Waals surface area contributed by atoms with Crippen LogP contribution in [-0.2, 0) is 4.74 Å². The minimum absolute atomic E-state index is 0.0479. The van der Waals surface area contributed by atoms with Crippen molar-refractivity contribution in [2.45, 2.75) is 6.04 Å². The fourth-order valence-electron chi connectivity index (χ4n) is 1.68. The molecule has 1 aliphatic rings. The van der Waals surface area contributed by atoms with Crippen LogP contribution in [0.25, 0.3) is 0 Å². The molecule has 0 spiro atoms. The number of halogens is 1. The Labute approximate surface area is 97.5 Å². The molecule has 16 heavy (non-hydrogen) atoms. The number of ether oxygens (including phenoxy) is 1. The maximum Gasteiger partial charge on any atom is 0.269 e. The predicted octanol–water partition coefficient (Wildman–Crippen LogP) is 1.91. The van der Waals surface area contributed by atoms with Crippen LogP contribution in [-0.4, -0.2) is 24.7 Å². The second kappa shape index (κ2) is 4.78. The Balaban J connectivity index is 2.30. The zero-order valence-electron chi connectivity index (χ0n) is 8.48. The number of benzene rings is 1. The summed E-state index contributed by atoms with van der Waals surface area (Å²) in [5.41, 5.74) is 0.766. The molecule has 1 aromatic carbocycles. The standard InChI is InChI=1S/C10H11ClN2O3/c11-9-2-1-7(13(14)15)5-8(9)10-6-16-4-3-12-10/h1-2,5,10,12H,3-4,6H2. The first kappa shape index (κ1) is 11.3. The highest BCUT2D eigenvalue weighted by molar-refractivity contribution is 6.31. The molecular weight excluding hydrogens is 232 g/mol. The van der Waals surface area contributed by atoms with E-state index in [1.165, 1.54) is 12.1 Å². The largest absolute Gasteiger partial charge is 0.378 e. The van der Waals surface area contributed by atoms with Gasteiger partial charge in [0.15, 0.2) is 0 Å². The molecule has 1 atom stereocenters. The Morgan fingerprint density at radius 2 is 2.38 bits per heavy atom. The van der Waals surface area contributed by atoms with Crippen molar-refractivity contribution in [2.75, 3.05) is 19.8 Å². The summed E-state index contributed by atoms with van der Waals surface area (Å²) in [4.78, 5) is 10.2. The predicted molar refractivity (Wildman–Crippen MR) is 59.7 cm³/mol. The van der Waals surface area contributed by atoms with Crippen molar-refractivity contribution in [2.24, 2.45) is 0 Å². The fraction of sp³-hybridized carbons (Fsp3) is 0.400. The number of nitro benzene ring substituents is 1. The summed E-state index contributed by atoms with van der Waals surface area (Å²) in [7, 11) is 0. The summed E-state index contributed by atoms with van der Waals surface area (Å²) in [6.07, 6.45) is 0. The maximum atomic E-state index is 10.7. The quantitative estimate of drug-likeness (QED) is 0.636. The lowest BCUT2D eigenvalue weighted by Gasteiger charge is -2.24. The van der Waals surface area contributed by atoms with Gasteiger partial charge in [0.1, 0.15) is 0 Å². The monoisotopic (exact) mass is 242 g/mol. The number of hydrogen-bond donors (Lipinski definition) is 1. The number of nitrogens with one attached hydrogen (secondary N) is 1. The van der Waals surface area contributed by atoms with Gasteiger partial charge in [-0.05, 0) is 11.6 Å². The molecule has 1 N–H and O–H groups in total. The van der Waals surface area contributed by atoms with Gasteiger partial charge < -0.3 is 10.1 Å². The van der Waals surface area contributed by atoms with Crippen molar-refractivity contribution in [3.8, 4) is 0 Å². The molecule has 0 bridgehead atoms. The highest BCUT2D eigenvalue weighted by atomic mass is 35.5. The van der Waals surface area contributed by atoms with Gasteiger partial charge in [-0.1, -0.05) is 11.6 Å². The van der Waals surface area contributed by atoms with Crippen LogP contribution >= 0.6 is 11.6 Å². The van der Waals surface area contributed by atoms with Crippen LogP contribution in [0.2, 0.25) is 5.02 Å². The lowest BCUT2D eigenvalue weighted by atomic mass is 10.1. The van der Waals surface area contributed by atoms with Crippen molar-refractivity contribution >= 4 is 17.3 Å². The average molecular weight is 243 g/mol. The van der Waals surface area contributed by atoms with E-state index >= 15 is 0 Å². The molecule has 1 unspecified atom stereocenters. The Morgan fingerprint density at radius 1 is 1.56 bits per heavy atom. The molecule has 5 nitrogen and oxygen atoms in total. The minimum atomic E-state index is -0.427. The van der Waals surface area contributed by atoms with E-state index in [1.54, 1.807) is 6.07 Å². The van der Waals surface area contributed by atoms with Crippen LogP contribution < -0.4 is 5.32 Å². The Kier molecular flexibility index (Phi) is 3.38. The molecule has 0 radical (unpaired) electrons. The van der Waals surface area contributed by atoms with Gasteiger partial charge in [0.05, 0.1) is 24.2 Å². The smallest absolute Gasteiger partial charge is 0.269 e. The first-order chi connectivity index (χ1) is 7.68. The summed E-state index contributed by atoms with van der Waals surface area (Å²) in [5.74, 6) is 0. The molecule has 6 heteroatoms. The summed E-state index contributed by atoms with van der Waals surface area (Å²) in [5, 5.41) is 14.4. The second-order valence-corrected chi connectivity index (χ2v) is 3.95. The molecule has 1 heterocycles. The van der Waals surface area contributed by atoms with Crippen molar-refractivity contribution in [3.63, 3.8) is 0 Å². The zero-order valence-corrected chi connectivity index (χ0v) is 9.24. The summed E-state index contributed by atoms with van der Waals surface area (Å²) in [6, 6.07) is 4.37. The van der Waals surface area contributed by atoms with E-state index in [9.17, 15) is 10.1 Å². The molecule has 0 amide bonds. The number of morpholine rings is 1. The third-order valence-electron chi connectivity index (χ3n) is 2.49. The van der Waals surface area contributed by atoms with Crippen molar-refractivity contribution in [1.82, 2.24) is 5.32 Å². The molecule has 1 aliphatic heterocycles. The van der Waals surface area contributed by atoms with Gasteiger partial charge in [-0.3, -0.25) is 10.1 Å². The number of hydrogen-bond acceptors (Lipinski definition) is 4. The van der Waals surface area contributed by atoms with Gasteiger partial charge in [-0.15, -0.1) is 0 Å². The van der Waals surface area contributed by atoms with Crippen LogP contribution in [0.1, 0.15) is 11.6 Å². The van der Waals surface area contributed by atoms with Gasteiger partial charge in [-0.2, -0.15) is 0 Å². The Hall–Kier alpha value is -1.17. The van der Waals surface area contributed by atoms with Gasteiger partial charge in [0.25, 0.3) is 5.69 Å². The van der Waals surface area contributed by atoms with Crippen molar-refractivity contribution in [1.29, 1.82) is 0 Å². The highest BCUT2D eigenvalue weighted by Crippen LogP contribution is 2.28. The summed E-state index contributed by atoms with van der Waals surface area (Å²) in [6.45, 7) is 1.87. The van der Waals surface area contributed by atoms with E-state index in [0.29, 0.717) is 18.2 Å². The molecule has 0 aliphatic carbocycles. The Bertz CT molecular complexity index is 405. The highest BCUT2D eigenvalue weighted by Gasteiger charge is 2.20. The van der Waals surface area contributed by atoms with Gasteiger partial charge in [-0.25, -0.2) is 0 Å². The molecule has 0 aromatic heterocycles. The lowest BCUT2D eigenvalue weighted by molar-refractivity contribution is -0.384. The fourth-order valence-corrected chi connectivity index (χ4v) is 1.93. The topological polar surface area (TPSA) is 64.4 Å². The first-order valence-corrected chi connectivity index (χ1v) is 5.31. The maximum absolute atomic E-state index is 10.7. The van der Waals surface area contributed by atoms with E-state index < -0.39 is 4.92 Å². The Morgan fingerprint density at radius 3 is 3.00 bits per heavy atom.